The van der Waals surface area contributed by atoms with Crippen molar-refractivity contribution in [2.75, 3.05) is 0 Å². The fraction of sp³-hybridized carbons (Fsp3) is 0.0588. The molecule has 3 rings (SSSR count). The number of aromatic nitrogens is 2. The van der Waals surface area contributed by atoms with Gasteiger partial charge < -0.3 is 0 Å². The first-order chi connectivity index (χ1) is 11.6. The Kier molecular flexibility index (Phi) is 4.33. The number of rotatable bonds is 3. The Morgan fingerprint density at radius 2 is 1.58 bits per heavy atom. The number of carbonyl (C=O) groups excluding carboxylic acids is 2. The molecule has 2 aromatic carbocycles. The van der Waals surface area contributed by atoms with Crippen LogP contribution in [-0.4, -0.2) is 22.0 Å². The van der Waals surface area contributed by atoms with Crippen molar-refractivity contribution in [3.63, 3.8) is 0 Å². The maximum atomic E-state index is 12.0. The Morgan fingerprint density at radius 1 is 0.917 bits per heavy atom. The van der Waals surface area contributed by atoms with Gasteiger partial charge in [0.15, 0.2) is 0 Å². The van der Waals surface area contributed by atoms with E-state index in [0.717, 1.165) is 0 Å². The molecule has 7 heteroatoms. The fourth-order valence-corrected chi connectivity index (χ4v) is 2.29. The molecule has 0 fully saturated rings. The van der Waals surface area contributed by atoms with Crippen molar-refractivity contribution >= 4 is 22.6 Å². The van der Waals surface area contributed by atoms with Crippen molar-refractivity contribution in [2.24, 2.45) is 0 Å². The zero-order valence-corrected chi connectivity index (χ0v) is 12.6. The maximum Gasteiger partial charge on any atom is 0.272 e. The van der Waals surface area contributed by atoms with Crippen LogP contribution in [0.1, 0.15) is 16.1 Å². The van der Waals surface area contributed by atoms with Crippen LogP contribution in [0.5, 0.6) is 0 Å². The Labute approximate surface area is 136 Å². The second kappa shape index (κ2) is 6.74. The van der Waals surface area contributed by atoms with Crippen LogP contribution in [0.4, 0.5) is 0 Å². The van der Waals surface area contributed by atoms with Crippen molar-refractivity contribution in [3.05, 3.63) is 76.2 Å². The van der Waals surface area contributed by atoms with Crippen molar-refractivity contribution in [2.45, 2.75) is 6.42 Å². The number of nitrogens with one attached hydrogen (secondary N) is 3. The number of fused-ring (bicyclic) bond motifs is 1. The topological polar surface area (TPSA) is 104 Å². The van der Waals surface area contributed by atoms with Gasteiger partial charge in [0.25, 0.3) is 11.5 Å². The number of H-pyrrole nitrogens is 1. The van der Waals surface area contributed by atoms with Gasteiger partial charge in [-0.2, -0.15) is 5.10 Å². The van der Waals surface area contributed by atoms with E-state index in [0.29, 0.717) is 22.0 Å². The molecular formula is C17H14N4O3. The van der Waals surface area contributed by atoms with Gasteiger partial charge in [0.1, 0.15) is 0 Å². The largest absolute Gasteiger partial charge is 0.273 e. The highest BCUT2D eigenvalue weighted by Crippen LogP contribution is 2.12. The van der Waals surface area contributed by atoms with Gasteiger partial charge in [0.2, 0.25) is 5.91 Å². The summed E-state index contributed by atoms with van der Waals surface area (Å²) < 4.78 is 0. The average molecular weight is 322 g/mol. The minimum atomic E-state index is -0.441. The molecule has 3 N–H and O–H groups in total. The number of nitrogens with zero attached hydrogens (tertiary/aromatic N) is 1. The standard InChI is InChI=1S/C17H14N4O3/c22-15(19-20-16(23)11-6-2-1-3-7-11)10-14-12-8-4-5-9-13(12)17(24)21-18-14/h1-9H,10H2,(H,19,22)(H,20,23)(H,21,24). The molecule has 1 heterocycles. The van der Waals surface area contributed by atoms with Gasteiger partial charge in [-0.15, -0.1) is 0 Å². The van der Waals surface area contributed by atoms with Crippen LogP contribution in [-0.2, 0) is 11.2 Å². The number of amides is 2. The third-order valence-corrected chi connectivity index (χ3v) is 3.45. The van der Waals surface area contributed by atoms with Crippen LogP contribution in [0.25, 0.3) is 10.8 Å². The molecule has 0 aliphatic carbocycles. The molecule has 0 spiro atoms. The number of hydrogen-bond donors (Lipinski definition) is 3. The molecule has 7 nitrogen and oxygen atoms in total. The van der Waals surface area contributed by atoms with Gasteiger partial charge >= 0.3 is 0 Å². The van der Waals surface area contributed by atoms with Gasteiger partial charge in [-0.25, -0.2) is 5.10 Å². The highest BCUT2D eigenvalue weighted by molar-refractivity contribution is 5.95. The predicted octanol–water partition coefficient (Wildman–Crippen LogP) is 0.927. The summed E-state index contributed by atoms with van der Waals surface area (Å²) in [5.41, 5.74) is 5.23. The lowest BCUT2D eigenvalue weighted by Crippen LogP contribution is -2.42. The van der Waals surface area contributed by atoms with E-state index in [4.69, 9.17) is 0 Å². The van der Waals surface area contributed by atoms with Crippen LogP contribution in [0, 0.1) is 0 Å². The highest BCUT2D eigenvalue weighted by Gasteiger charge is 2.12. The fourth-order valence-electron chi connectivity index (χ4n) is 2.29. The van der Waals surface area contributed by atoms with Crippen molar-refractivity contribution in [1.82, 2.24) is 21.0 Å². The van der Waals surface area contributed by atoms with E-state index in [9.17, 15) is 14.4 Å². The highest BCUT2D eigenvalue weighted by atomic mass is 16.2. The first-order valence-corrected chi connectivity index (χ1v) is 7.25. The number of aromatic amines is 1. The van der Waals surface area contributed by atoms with Gasteiger partial charge in [-0.1, -0.05) is 36.4 Å². The molecule has 3 aromatic rings. The maximum absolute atomic E-state index is 12.0. The molecule has 120 valence electrons. The van der Waals surface area contributed by atoms with Crippen LogP contribution < -0.4 is 16.4 Å². The molecule has 0 aliphatic rings. The molecule has 2 amide bonds. The van der Waals surface area contributed by atoms with Crippen LogP contribution in [0.2, 0.25) is 0 Å². The third-order valence-electron chi connectivity index (χ3n) is 3.45. The van der Waals surface area contributed by atoms with E-state index in [1.54, 1.807) is 54.6 Å². The second-order valence-electron chi connectivity index (χ2n) is 5.09. The Hall–Kier alpha value is -3.48. The summed E-state index contributed by atoms with van der Waals surface area (Å²) in [7, 11) is 0. The zero-order valence-electron chi connectivity index (χ0n) is 12.6. The first-order valence-electron chi connectivity index (χ1n) is 7.25. The van der Waals surface area contributed by atoms with E-state index in [1.165, 1.54) is 0 Å². The second-order valence-corrected chi connectivity index (χ2v) is 5.09. The van der Waals surface area contributed by atoms with Gasteiger partial charge in [0.05, 0.1) is 17.5 Å². The average Bonchev–Trinajstić information content (AvgIpc) is 2.63. The molecule has 0 radical (unpaired) electrons. The Balaban J connectivity index is 1.69. The van der Waals surface area contributed by atoms with Crippen LogP contribution >= 0.6 is 0 Å². The molecule has 1 aromatic heterocycles. The van der Waals surface area contributed by atoms with Gasteiger partial charge in [-0.05, 0) is 18.2 Å². The summed E-state index contributed by atoms with van der Waals surface area (Å²) in [5, 5.41) is 7.35. The molecule has 0 saturated carbocycles. The smallest absolute Gasteiger partial charge is 0.272 e. The lowest BCUT2D eigenvalue weighted by atomic mass is 10.1. The first kappa shape index (κ1) is 15.4. The van der Waals surface area contributed by atoms with Gasteiger partial charge in [0, 0.05) is 10.9 Å². The van der Waals surface area contributed by atoms with E-state index in [-0.39, 0.29) is 12.0 Å². The molecule has 0 bridgehead atoms. The van der Waals surface area contributed by atoms with Crippen molar-refractivity contribution in [3.8, 4) is 0 Å². The van der Waals surface area contributed by atoms with Crippen LogP contribution in [0.3, 0.4) is 0 Å². The molecule has 24 heavy (non-hydrogen) atoms. The monoisotopic (exact) mass is 322 g/mol. The SMILES string of the molecule is O=C(Cc1n[nH]c(=O)c2ccccc12)NNC(=O)c1ccccc1. The molecule has 0 atom stereocenters. The summed E-state index contributed by atoms with van der Waals surface area (Å²) in [6.07, 6.45) is -0.0770. The van der Waals surface area contributed by atoms with E-state index < -0.39 is 11.8 Å². The van der Waals surface area contributed by atoms with E-state index in [2.05, 4.69) is 21.0 Å². The normalized spacial score (nSPS) is 10.3. The molecule has 0 unspecified atom stereocenters. The number of carbonyl (C=O) groups is 2. The predicted molar refractivity (Wildman–Crippen MR) is 88.1 cm³/mol. The van der Waals surface area contributed by atoms with Crippen molar-refractivity contribution < 1.29 is 9.59 Å². The van der Waals surface area contributed by atoms with Crippen LogP contribution in [0.15, 0.2) is 59.4 Å². The lowest BCUT2D eigenvalue weighted by Gasteiger charge is -2.08. The molecular weight excluding hydrogens is 308 g/mol. The summed E-state index contributed by atoms with van der Waals surface area (Å²) in [6, 6.07) is 15.4. The summed E-state index contributed by atoms with van der Waals surface area (Å²) in [4.78, 5) is 35.6. The summed E-state index contributed by atoms with van der Waals surface area (Å²) in [6.45, 7) is 0. The van der Waals surface area contributed by atoms with Gasteiger partial charge in [-0.3, -0.25) is 25.2 Å². The minimum absolute atomic E-state index is 0.0770. The summed E-state index contributed by atoms with van der Waals surface area (Å²) in [5.74, 6) is -0.854. The number of benzene rings is 2. The zero-order chi connectivity index (χ0) is 16.9. The Bertz CT molecular complexity index is 951. The van der Waals surface area contributed by atoms with E-state index >= 15 is 0 Å². The third kappa shape index (κ3) is 3.30. The Morgan fingerprint density at radius 3 is 2.33 bits per heavy atom. The minimum Gasteiger partial charge on any atom is -0.273 e. The lowest BCUT2D eigenvalue weighted by molar-refractivity contribution is -0.121. The quantitative estimate of drug-likeness (QED) is 0.624. The molecule has 0 saturated heterocycles. The van der Waals surface area contributed by atoms with Crippen molar-refractivity contribution in [1.29, 1.82) is 0 Å². The number of hydrazine groups is 1. The molecule has 0 aliphatic heterocycles. The number of hydrogen-bond acceptors (Lipinski definition) is 4. The van der Waals surface area contributed by atoms with E-state index in [1.807, 2.05) is 0 Å². The summed E-state index contributed by atoms with van der Waals surface area (Å²) >= 11 is 0.